The Morgan fingerprint density at radius 1 is 0.590 bits per heavy atom. The van der Waals surface area contributed by atoms with Crippen LogP contribution in [-0.4, -0.2) is 93.8 Å². The van der Waals surface area contributed by atoms with E-state index in [-0.39, 0.29) is 45.3 Å². The number of anilines is 5. The smallest absolute Gasteiger partial charge is 0.314 e. The van der Waals surface area contributed by atoms with Gasteiger partial charge in [0.2, 0.25) is 11.9 Å². The lowest BCUT2D eigenvalue weighted by Gasteiger charge is -2.29. The lowest BCUT2D eigenvalue weighted by Crippen LogP contribution is -2.29. The Bertz CT molecular complexity index is 3560. The second-order valence-electron chi connectivity index (χ2n) is 18.5. The molecule has 3 fully saturated rings. The third-order valence-corrected chi connectivity index (χ3v) is 13.0. The predicted molar refractivity (Wildman–Crippen MR) is 322 cm³/mol. The minimum Gasteiger partial charge on any atom is -0.481 e. The zero-order chi connectivity index (χ0) is 58.3. The summed E-state index contributed by atoms with van der Waals surface area (Å²) in [7, 11) is 0. The molecule has 6 aromatic heterocycles. The van der Waals surface area contributed by atoms with Crippen molar-refractivity contribution in [1.29, 1.82) is 0 Å². The van der Waals surface area contributed by atoms with Crippen molar-refractivity contribution in [3.63, 3.8) is 0 Å². The number of carboxylic acid groups (broad SMARTS) is 1. The summed E-state index contributed by atoms with van der Waals surface area (Å²) >= 11 is 12.3. The molecule has 0 amide bonds. The SMILES string of the molecule is C.C#CC#CC#CC#CC#CC#CC#C.Nc1cnc(NCC2CCC(Nc3ccc4ccnc(Cl)c4n3)CC2)nc1.O=C(O)CCC(=O)Cc1cnc(NCC2CCC(Nc3ccc4ccnc(Cl)c4n3)CC2)nc1.O=C1CCC(=O)O1. The first-order valence-corrected chi connectivity index (χ1v) is 26.7. The van der Waals surface area contributed by atoms with Gasteiger partial charge in [-0.3, -0.25) is 19.2 Å². The number of nitrogen functional groups attached to an aromatic ring is 1. The summed E-state index contributed by atoms with van der Waals surface area (Å²) < 4.78 is 4.08. The van der Waals surface area contributed by atoms with E-state index in [0.717, 1.165) is 92.4 Å². The molecule has 2 aliphatic carbocycles. The van der Waals surface area contributed by atoms with Crippen LogP contribution in [0.25, 0.3) is 21.8 Å². The molecule has 422 valence electrons. The Kier molecular flexibility index (Phi) is 26.9. The number of hydrogen-bond donors (Lipinski definition) is 6. The fraction of sp³-hybridized carbons (Fsp3) is 0.323. The molecule has 21 heteroatoms. The van der Waals surface area contributed by atoms with Gasteiger partial charge in [-0.05, 0) is 176 Å². The van der Waals surface area contributed by atoms with Crippen molar-refractivity contribution in [3.05, 3.63) is 89.4 Å². The first kappa shape index (κ1) is 63.9. The lowest BCUT2D eigenvalue weighted by atomic mass is 9.86. The normalized spacial score (nSPS) is 16.0. The maximum atomic E-state index is 11.8. The highest BCUT2D eigenvalue weighted by atomic mass is 35.5. The molecule has 0 radical (unpaired) electrons. The summed E-state index contributed by atoms with van der Waals surface area (Å²) in [4.78, 5) is 76.8. The van der Waals surface area contributed by atoms with Crippen LogP contribution in [-0.2, 0) is 30.3 Å². The number of carbonyl (C=O) groups is 4. The van der Waals surface area contributed by atoms with E-state index in [2.05, 4.69) is 137 Å². The molecule has 7 heterocycles. The summed E-state index contributed by atoms with van der Waals surface area (Å²) in [5, 5.41) is 25.1. The molecule has 1 aliphatic heterocycles. The van der Waals surface area contributed by atoms with Crippen molar-refractivity contribution >= 4 is 97.9 Å². The van der Waals surface area contributed by atoms with Gasteiger partial charge in [0.05, 0.1) is 37.3 Å². The number of halogens is 2. The zero-order valence-electron chi connectivity index (χ0n) is 44.4. The molecule has 0 atom stereocenters. The average molecular weight is 1150 g/mol. The van der Waals surface area contributed by atoms with Crippen molar-refractivity contribution in [2.24, 2.45) is 11.8 Å². The number of nitrogens with two attached hydrogens (primary N) is 1. The number of terminal acetylenes is 2. The summed E-state index contributed by atoms with van der Waals surface area (Å²) in [6.07, 6.45) is 28.9. The standard InChI is InChI=1S/C24H27ClN6O3.C19H22ClN7.C14H2.C4H4O3.CH4/c25-23-22-17(9-10-26-23)3-7-20(31-22)30-18-4-1-15(2-5-18)12-27-24-28-13-16(14-29-24)11-19(32)6-8-21(33)34;20-18-17-13(7-8-22-18)3-6-16(27-17)26-15-4-1-12(2-5-15)9-23-19-24-10-14(21)11-25-19;1-3-5-7-9-11-13-14-12-10-8-6-4-2;5-3-1-2-4(6)7-3;/h3,7,9-10,13-15,18H,1-2,4-6,8,11-12H2,(H,30,31)(H,33,34)(H,27,28,29);3,6-8,10-12,15H,1-2,4-5,9,21H2,(H,26,27)(H,23,24,25);1-2H;1-2H2;1H4. The van der Waals surface area contributed by atoms with E-state index in [1.807, 2.05) is 36.4 Å². The van der Waals surface area contributed by atoms with Crippen LogP contribution in [0.5, 0.6) is 0 Å². The number of aliphatic carboxylic acids is 1. The Hall–Kier alpha value is -9.94. The molecule has 0 unspecified atom stereocenters. The zero-order valence-corrected chi connectivity index (χ0v) is 45.9. The van der Waals surface area contributed by atoms with Gasteiger partial charge < -0.3 is 36.8 Å². The fourth-order valence-electron chi connectivity index (χ4n) is 8.38. The number of cyclic esters (lactones) is 2. The van der Waals surface area contributed by atoms with Gasteiger partial charge >= 0.3 is 17.9 Å². The van der Waals surface area contributed by atoms with Gasteiger partial charge in [0.25, 0.3) is 0 Å². The fourth-order valence-corrected chi connectivity index (χ4v) is 8.80. The van der Waals surface area contributed by atoms with Crippen LogP contribution in [0.3, 0.4) is 0 Å². The molecule has 0 aromatic carbocycles. The molecule has 3 aliphatic rings. The largest absolute Gasteiger partial charge is 0.481 e. The number of pyridine rings is 4. The van der Waals surface area contributed by atoms with Crippen LogP contribution in [0.2, 0.25) is 10.3 Å². The van der Waals surface area contributed by atoms with Gasteiger partial charge in [0, 0.05) is 73.6 Å². The van der Waals surface area contributed by atoms with Gasteiger partial charge in [0.15, 0.2) is 10.3 Å². The van der Waals surface area contributed by atoms with E-state index in [1.54, 1.807) is 37.2 Å². The van der Waals surface area contributed by atoms with Gasteiger partial charge in [-0.2, -0.15) is 0 Å². The Labute approximate surface area is 492 Å². The number of hydrogen-bond acceptors (Lipinski definition) is 18. The predicted octanol–water partition coefficient (Wildman–Crippen LogP) is 8.63. The topological polar surface area (TPSA) is 275 Å². The summed E-state index contributed by atoms with van der Waals surface area (Å²) in [6, 6.07) is 12.6. The number of esters is 2. The Morgan fingerprint density at radius 2 is 1.00 bits per heavy atom. The van der Waals surface area contributed by atoms with Crippen molar-refractivity contribution < 1.29 is 29.0 Å². The number of ketones is 1. The van der Waals surface area contributed by atoms with E-state index in [1.165, 1.54) is 0 Å². The number of carbonyl (C=O) groups excluding carboxylic acids is 3. The van der Waals surface area contributed by atoms with E-state index in [4.69, 9.17) is 46.9 Å². The molecule has 19 nitrogen and oxygen atoms in total. The first-order valence-electron chi connectivity index (χ1n) is 25.9. The summed E-state index contributed by atoms with van der Waals surface area (Å²) in [5.74, 6) is 30.4. The summed E-state index contributed by atoms with van der Waals surface area (Å²) in [5.41, 5.74) is 8.32. The molecule has 0 spiro atoms. The van der Waals surface area contributed by atoms with Crippen LogP contribution < -0.4 is 27.0 Å². The molecule has 83 heavy (non-hydrogen) atoms. The number of ether oxygens (including phenoxy) is 1. The second-order valence-corrected chi connectivity index (χ2v) is 19.2. The number of aromatic nitrogens is 8. The molecule has 0 bridgehead atoms. The van der Waals surface area contributed by atoms with Crippen molar-refractivity contribution in [3.8, 4) is 83.9 Å². The second kappa shape index (κ2) is 34.9. The molecule has 6 aromatic rings. The van der Waals surface area contributed by atoms with Crippen molar-refractivity contribution in [2.45, 2.75) is 103 Å². The monoisotopic (exact) mass is 1150 g/mol. The Balaban J connectivity index is 0.000000228. The average Bonchev–Trinajstić information content (AvgIpc) is 4.06. The molecule has 7 N–H and O–H groups in total. The number of Topliss-reactive ketones (excluding diaryl/α,β-unsaturated/α-hetero) is 1. The molecular weight excluding hydrogens is 1090 g/mol. The van der Waals surface area contributed by atoms with Crippen molar-refractivity contribution in [2.75, 3.05) is 40.1 Å². The number of carboxylic acids is 1. The highest BCUT2D eigenvalue weighted by molar-refractivity contribution is 6.34. The van der Waals surface area contributed by atoms with Crippen LogP contribution in [0.15, 0.2) is 73.6 Å². The van der Waals surface area contributed by atoms with Crippen LogP contribution in [0.4, 0.5) is 29.2 Å². The van der Waals surface area contributed by atoms with Gasteiger partial charge in [-0.25, -0.2) is 39.9 Å². The highest BCUT2D eigenvalue weighted by Crippen LogP contribution is 2.30. The minimum atomic E-state index is -0.971. The van der Waals surface area contributed by atoms with E-state index >= 15 is 0 Å². The highest BCUT2D eigenvalue weighted by Gasteiger charge is 2.24. The number of fused-ring (bicyclic) bond motifs is 2. The van der Waals surface area contributed by atoms with E-state index in [9.17, 15) is 19.2 Å². The number of rotatable bonds is 15. The summed E-state index contributed by atoms with van der Waals surface area (Å²) in [6.45, 7) is 1.67. The quantitative estimate of drug-likeness (QED) is 0.0243. The first-order chi connectivity index (χ1) is 39.8. The Morgan fingerprint density at radius 3 is 1.39 bits per heavy atom. The maximum absolute atomic E-state index is 11.8. The maximum Gasteiger partial charge on any atom is 0.314 e. The minimum absolute atomic E-state index is 0. The third-order valence-electron chi connectivity index (χ3n) is 12.5. The molecule has 2 saturated carbocycles. The van der Waals surface area contributed by atoms with E-state index in [0.29, 0.717) is 62.9 Å². The number of nitrogens with zero attached hydrogens (tertiary/aromatic N) is 8. The van der Waals surface area contributed by atoms with Crippen molar-refractivity contribution in [1.82, 2.24) is 39.9 Å². The molecular formula is C62H59Cl2N13O6. The van der Waals surface area contributed by atoms with Crippen LogP contribution in [0.1, 0.15) is 90.0 Å². The molecule has 9 rings (SSSR count). The van der Waals surface area contributed by atoms with Crippen LogP contribution in [0, 0.1) is 95.7 Å². The lowest BCUT2D eigenvalue weighted by molar-refractivity contribution is -0.152. The molecule has 1 saturated heterocycles. The third kappa shape index (κ3) is 23.4. The van der Waals surface area contributed by atoms with E-state index < -0.39 is 17.9 Å². The van der Waals surface area contributed by atoms with Gasteiger partial charge in [-0.1, -0.05) is 30.6 Å². The van der Waals surface area contributed by atoms with Crippen LogP contribution >= 0.6 is 23.2 Å². The number of nitrogens with one attached hydrogen (secondary N) is 4. The van der Waals surface area contributed by atoms with Gasteiger partial charge in [-0.15, -0.1) is 12.8 Å². The van der Waals surface area contributed by atoms with Gasteiger partial charge in [0.1, 0.15) is 28.5 Å².